The molecule has 0 fully saturated rings. The average molecular weight is 311 g/mol. The Morgan fingerprint density at radius 2 is 1.70 bits per heavy atom. The SMILES string of the molecule is COc1cc(C(NN)c2ccc(C)c(Cl)c2)ccc1Cl. The van der Waals surface area contributed by atoms with E-state index in [1.165, 1.54) is 0 Å². The van der Waals surface area contributed by atoms with E-state index in [0.717, 1.165) is 16.7 Å². The van der Waals surface area contributed by atoms with Gasteiger partial charge in [0.15, 0.2) is 0 Å². The van der Waals surface area contributed by atoms with Gasteiger partial charge in [-0.15, -0.1) is 0 Å². The Labute approximate surface area is 128 Å². The third-order valence-electron chi connectivity index (χ3n) is 3.20. The van der Waals surface area contributed by atoms with Crippen LogP contribution in [0.3, 0.4) is 0 Å². The van der Waals surface area contributed by atoms with Gasteiger partial charge in [-0.2, -0.15) is 0 Å². The molecular formula is C15H16Cl2N2O. The fourth-order valence-corrected chi connectivity index (χ4v) is 2.41. The molecular weight excluding hydrogens is 295 g/mol. The number of halogens is 2. The van der Waals surface area contributed by atoms with Gasteiger partial charge in [0.1, 0.15) is 5.75 Å². The van der Waals surface area contributed by atoms with Crippen molar-refractivity contribution in [2.45, 2.75) is 13.0 Å². The molecule has 2 aromatic rings. The van der Waals surface area contributed by atoms with Crippen molar-refractivity contribution in [3.63, 3.8) is 0 Å². The van der Waals surface area contributed by atoms with Crippen molar-refractivity contribution in [1.29, 1.82) is 0 Å². The van der Waals surface area contributed by atoms with Gasteiger partial charge in [-0.3, -0.25) is 5.84 Å². The molecule has 3 nitrogen and oxygen atoms in total. The lowest BCUT2D eigenvalue weighted by Crippen LogP contribution is -2.28. The highest BCUT2D eigenvalue weighted by Gasteiger charge is 2.15. The molecule has 106 valence electrons. The van der Waals surface area contributed by atoms with Crippen LogP contribution < -0.4 is 16.0 Å². The number of methoxy groups -OCH3 is 1. The van der Waals surface area contributed by atoms with E-state index >= 15 is 0 Å². The Morgan fingerprint density at radius 1 is 1.05 bits per heavy atom. The Hall–Kier alpha value is -1.26. The largest absolute Gasteiger partial charge is 0.495 e. The highest BCUT2D eigenvalue weighted by atomic mass is 35.5. The van der Waals surface area contributed by atoms with E-state index in [9.17, 15) is 0 Å². The van der Waals surface area contributed by atoms with Crippen LogP contribution in [0.25, 0.3) is 0 Å². The van der Waals surface area contributed by atoms with E-state index in [0.29, 0.717) is 15.8 Å². The van der Waals surface area contributed by atoms with Gasteiger partial charge in [0.05, 0.1) is 18.2 Å². The quantitative estimate of drug-likeness (QED) is 0.666. The summed E-state index contributed by atoms with van der Waals surface area (Å²) in [6.07, 6.45) is 0. The number of hydrogen-bond donors (Lipinski definition) is 2. The number of ether oxygens (including phenoxy) is 1. The molecule has 0 aliphatic carbocycles. The molecule has 2 aromatic carbocycles. The summed E-state index contributed by atoms with van der Waals surface area (Å²) in [6.45, 7) is 1.96. The molecule has 1 atom stereocenters. The number of nitrogens with two attached hydrogens (primary N) is 1. The van der Waals surface area contributed by atoms with Gasteiger partial charge in [-0.05, 0) is 41.8 Å². The molecule has 20 heavy (non-hydrogen) atoms. The van der Waals surface area contributed by atoms with Gasteiger partial charge in [0, 0.05) is 5.02 Å². The van der Waals surface area contributed by atoms with Crippen LogP contribution in [-0.4, -0.2) is 7.11 Å². The van der Waals surface area contributed by atoms with Crippen molar-refractivity contribution in [2.24, 2.45) is 5.84 Å². The number of rotatable bonds is 4. The smallest absolute Gasteiger partial charge is 0.137 e. The normalized spacial score (nSPS) is 12.2. The molecule has 0 aliphatic rings. The second-order valence-electron chi connectivity index (χ2n) is 4.50. The van der Waals surface area contributed by atoms with Crippen molar-refractivity contribution >= 4 is 23.2 Å². The predicted octanol–water partition coefficient (Wildman–Crippen LogP) is 3.86. The number of nitrogens with one attached hydrogen (secondary N) is 1. The third kappa shape index (κ3) is 3.07. The monoisotopic (exact) mass is 310 g/mol. The van der Waals surface area contributed by atoms with E-state index in [1.807, 2.05) is 37.3 Å². The Kier molecular flexibility index (Phi) is 4.89. The highest BCUT2D eigenvalue weighted by molar-refractivity contribution is 6.32. The summed E-state index contributed by atoms with van der Waals surface area (Å²) in [4.78, 5) is 0. The fraction of sp³-hybridized carbons (Fsp3) is 0.200. The Morgan fingerprint density at radius 3 is 2.30 bits per heavy atom. The molecule has 1 unspecified atom stereocenters. The summed E-state index contributed by atoms with van der Waals surface area (Å²) in [5, 5.41) is 1.28. The van der Waals surface area contributed by atoms with Crippen molar-refractivity contribution < 1.29 is 4.74 Å². The first kappa shape index (κ1) is 15.1. The van der Waals surface area contributed by atoms with Crippen LogP contribution in [0, 0.1) is 6.92 Å². The molecule has 0 aliphatic heterocycles. The first-order valence-corrected chi connectivity index (χ1v) is 6.88. The zero-order chi connectivity index (χ0) is 14.7. The molecule has 0 heterocycles. The molecule has 2 rings (SSSR count). The minimum atomic E-state index is -0.181. The van der Waals surface area contributed by atoms with E-state index in [2.05, 4.69) is 5.43 Å². The van der Waals surface area contributed by atoms with Crippen LogP contribution in [0.4, 0.5) is 0 Å². The van der Waals surface area contributed by atoms with Crippen LogP contribution in [0.5, 0.6) is 5.75 Å². The number of hydrogen-bond acceptors (Lipinski definition) is 3. The minimum absolute atomic E-state index is 0.181. The van der Waals surface area contributed by atoms with Gasteiger partial charge in [0.25, 0.3) is 0 Å². The maximum absolute atomic E-state index is 6.17. The molecule has 0 saturated heterocycles. The maximum Gasteiger partial charge on any atom is 0.137 e. The van der Waals surface area contributed by atoms with E-state index in [4.69, 9.17) is 33.8 Å². The summed E-state index contributed by atoms with van der Waals surface area (Å²) in [5.41, 5.74) is 5.75. The summed E-state index contributed by atoms with van der Waals surface area (Å²) >= 11 is 12.2. The van der Waals surface area contributed by atoms with Gasteiger partial charge >= 0.3 is 0 Å². The second-order valence-corrected chi connectivity index (χ2v) is 5.32. The van der Waals surface area contributed by atoms with Gasteiger partial charge < -0.3 is 4.74 Å². The van der Waals surface area contributed by atoms with E-state index in [1.54, 1.807) is 13.2 Å². The number of hydrazine groups is 1. The van der Waals surface area contributed by atoms with Crippen LogP contribution >= 0.6 is 23.2 Å². The van der Waals surface area contributed by atoms with Crippen molar-refractivity contribution in [3.05, 3.63) is 63.1 Å². The van der Waals surface area contributed by atoms with E-state index in [-0.39, 0.29) is 6.04 Å². The molecule has 0 bridgehead atoms. The number of aryl methyl sites for hydroxylation is 1. The lowest BCUT2D eigenvalue weighted by atomic mass is 9.98. The van der Waals surface area contributed by atoms with Crippen molar-refractivity contribution in [3.8, 4) is 5.75 Å². The molecule has 3 N–H and O–H groups in total. The standard InChI is InChI=1S/C15H16Cl2N2O/c1-9-3-4-10(7-13(9)17)15(19-18)11-5-6-12(16)14(8-11)20-2/h3-8,15,19H,18H2,1-2H3. The molecule has 0 spiro atoms. The summed E-state index contributed by atoms with van der Waals surface area (Å²) < 4.78 is 5.23. The van der Waals surface area contributed by atoms with Crippen LogP contribution in [0.1, 0.15) is 22.7 Å². The summed E-state index contributed by atoms with van der Waals surface area (Å²) in [5.74, 6) is 6.30. The molecule has 0 aromatic heterocycles. The van der Waals surface area contributed by atoms with Crippen LogP contribution in [0.15, 0.2) is 36.4 Å². The van der Waals surface area contributed by atoms with Gasteiger partial charge in [0.2, 0.25) is 0 Å². The predicted molar refractivity (Wildman–Crippen MR) is 83.4 cm³/mol. The van der Waals surface area contributed by atoms with Gasteiger partial charge in [-0.1, -0.05) is 41.4 Å². The zero-order valence-electron chi connectivity index (χ0n) is 11.3. The van der Waals surface area contributed by atoms with Crippen molar-refractivity contribution in [1.82, 2.24) is 5.43 Å². The van der Waals surface area contributed by atoms with E-state index < -0.39 is 0 Å². The molecule has 0 saturated carbocycles. The van der Waals surface area contributed by atoms with Crippen LogP contribution in [0.2, 0.25) is 10.0 Å². The van der Waals surface area contributed by atoms with Crippen molar-refractivity contribution in [2.75, 3.05) is 7.11 Å². The lowest BCUT2D eigenvalue weighted by Gasteiger charge is -2.18. The maximum atomic E-state index is 6.17. The van der Waals surface area contributed by atoms with Crippen LogP contribution in [-0.2, 0) is 0 Å². The number of benzene rings is 2. The Balaban J connectivity index is 2.43. The average Bonchev–Trinajstić information content (AvgIpc) is 2.45. The first-order valence-electron chi connectivity index (χ1n) is 6.12. The lowest BCUT2D eigenvalue weighted by molar-refractivity contribution is 0.414. The second kappa shape index (κ2) is 6.46. The highest BCUT2D eigenvalue weighted by Crippen LogP contribution is 2.31. The molecule has 0 radical (unpaired) electrons. The topological polar surface area (TPSA) is 47.3 Å². The summed E-state index contributed by atoms with van der Waals surface area (Å²) in [6, 6.07) is 11.2. The summed E-state index contributed by atoms with van der Waals surface area (Å²) in [7, 11) is 1.58. The van der Waals surface area contributed by atoms with Gasteiger partial charge in [-0.25, -0.2) is 5.43 Å². The molecule has 5 heteroatoms. The minimum Gasteiger partial charge on any atom is -0.495 e. The fourth-order valence-electron chi connectivity index (χ4n) is 2.03. The zero-order valence-corrected chi connectivity index (χ0v) is 12.8. The Bertz CT molecular complexity index is 617. The first-order chi connectivity index (χ1) is 9.56. The third-order valence-corrected chi connectivity index (χ3v) is 3.92. The molecule has 0 amide bonds.